The van der Waals surface area contributed by atoms with Crippen molar-refractivity contribution < 1.29 is 4.79 Å². The van der Waals surface area contributed by atoms with Crippen molar-refractivity contribution in [2.75, 3.05) is 0 Å². The second kappa shape index (κ2) is 6.64. The van der Waals surface area contributed by atoms with Crippen molar-refractivity contribution in [2.45, 2.75) is 65.8 Å². The number of nitrogens with one attached hydrogen (secondary N) is 1. The van der Waals surface area contributed by atoms with E-state index in [4.69, 9.17) is 0 Å². The number of amides is 1. The zero-order valence-corrected chi connectivity index (χ0v) is 13.9. The molecular weight excluding hydrogens is 258 g/mol. The molecule has 2 rings (SSSR count). The van der Waals surface area contributed by atoms with Gasteiger partial charge in [-0.2, -0.15) is 0 Å². The predicted octanol–water partition coefficient (Wildman–Crippen LogP) is 4.58. The van der Waals surface area contributed by atoms with Gasteiger partial charge in [0.2, 0.25) is 0 Å². The van der Waals surface area contributed by atoms with Crippen LogP contribution in [0.2, 0.25) is 0 Å². The second-order valence-corrected chi connectivity index (χ2v) is 7.23. The lowest BCUT2D eigenvalue weighted by atomic mass is 9.75. The number of benzene rings is 1. The summed E-state index contributed by atoms with van der Waals surface area (Å²) in [5, 5.41) is 3.03. The van der Waals surface area contributed by atoms with Crippen LogP contribution >= 0.6 is 0 Å². The molecule has 2 nitrogen and oxygen atoms in total. The summed E-state index contributed by atoms with van der Waals surface area (Å²) in [6, 6.07) is 8.56. The Balaban J connectivity index is 1.85. The molecule has 1 aromatic rings. The minimum Gasteiger partial charge on any atom is -0.349 e. The largest absolute Gasteiger partial charge is 0.349 e. The molecule has 1 N–H and O–H groups in total. The maximum absolute atomic E-state index is 11.9. The summed E-state index contributed by atoms with van der Waals surface area (Å²) < 4.78 is 0. The standard InChI is InChI=1S/C19H29NO/c1-5-19(3,4)14(2)6-7-15-8-10-16(11-9-15)18(21)20-17-12-13-17/h8-11,14,17H,5-7,12-13H2,1-4H3,(H,20,21). The van der Waals surface area contributed by atoms with Gasteiger partial charge in [-0.05, 0) is 54.7 Å². The molecule has 0 heterocycles. The molecule has 21 heavy (non-hydrogen) atoms. The number of carbonyl (C=O) groups excluding carboxylic acids is 1. The Morgan fingerprint density at radius 2 is 1.90 bits per heavy atom. The highest BCUT2D eigenvalue weighted by molar-refractivity contribution is 5.94. The van der Waals surface area contributed by atoms with Gasteiger partial charge in [0.05, 0.1) is 0 Å². The van der Waals surface area contributed by atoms with Crippen LogP contribution < -0.4 is 5.32 Å². The molecule has 1 saturated carbocycles. The average molecular weight is 287 g/mol. The number of hydrogen-bond acceptors (Lipinski definition) is 1. The Bertz CT molecular complexity index is 471. The lowest BCUT2D eigenvalue weighted by molar-refractivity contribution is 0.0951. The van der Waals surface area contributed by atoms with Crippen LogP contribution in [0, 0.1) is 11.3 Å². The molecule has 0 spiro atoms. The van der Waals surface area contributed by atoms with E-state index in [2.05, 4.69) is 45.1 Å². The van der Waals surface area contributed by atoms with Crippen molar-refractivity contribution in [3.05, 3.63) is 35.4 Å². The molecular formula is C19H29NO. The summed E-state index contributed by atoms with van der Waals surface area (Å²) in [4.78, 5) is 11.9. The zero-order chi connectivity index (χ0) is 15.5. The molecule has 0 aliphatic heterocycles. The third-order valence-electron chi connectivity index (χ3n) is 5.24. The second-order valence-electron chi connectivity index (χ2n) is 7.23. The first kappa shape index (κ1) is 16.1. The van der Waals surface area contributed by atoms with Gasteiger partial charge in [0.1, 0.15) is 0 Å². The third-order valence-corrected chi connectivity index (χ3v) is 5.24. The van der Waals surface area contributed by atoms with Crippen molar-refractivity contribution in [1.82, 2.24) is 5.32 Å². The van der Waals surface area contributed by atoms with Crippen LogP contribution in [0.15, 0.2) is 24.3 Å². The first-order valence-corrected chi connectivity index (χ1v) is 8.32. The summed E-state index contributed by atoms with van der Waals surface area (Å²) in [6.45, 7) is 9.32. The molecule has 1 atom stereocenters. The van der Waals surface area contributed by atoms with E-state index in [-0.39, 0.29) is 5.91 Å². The highest BCUT2D eigenvalue weighted by atomic mass is 16.1. The molecule has 1 fully saturated rings. The van der Waals surface area contributed by atoms with E-state index >= 15 is 0 Å². The van der Waals surface area contributed by atoms with Crippen LogP contribution in [0.3, 0.4) is 0 Å². The molecule has 0 bridgehead atoms. The number of hydrogen-bond donors (Lipinski definition) is 1. The lowest BCUT2D eigenvalue weighted by Crippen LogP contribution is -2.25. The molecule has 1 aromatic carbocycles. The lowest BCUT2D eigenvalue weighted by Gasteiger charge is -2.30. The quantitative estimate of drug-likeness (QED) is 0.781. The Kier molecular flexibility index (Phi) is 5.08. The molecule has 1 aliphatic carbocycles. The van der Waals surface area contributed by atoms with Gasteiger partial charge in [-0.15, -0.1) is 0 Å². The Labute approximate surface area is 129 Å². The fraction of sp³-hybridized carbons (Fsp3) is 0.632. The maximum atomic E-state index is 11.9. The van der Waals surface area contributed by atoms with E-state index in [1.807, 2.05) is 12.1 Å². The normalized spacial score (nSPS) is 16.6. The Morgan fingerprint density at radius 3 is 2.43 bits per heavy atom. The van der Waals surface area contributed by atoms with E-state index in [9.17, 15) is 4.79 Å². The molecule has 2 heteroatoms. The maximum Gasteiger partial charge on any atom is 0.251 e. The summed E-state index contributed by atoms with van der Waals surface area (Å²) in [6.07, 6.45) is 5.78. The van der Waals surface area contributed by atoms with Gasteiger partial charge >= 0.3 is 0 Å². The minimum absolute atomic E-state index is 0.0736. The Morgan fingerprint density at radius 1 is 1.29 bits per heavy atom. The summed E-state index contributed by atoms with van der Waals surface area (Å²) in [5.74, 6) is 0.782. The van der Waals surface area contributed by atoms with Crippen LogP contribution in [-0.4, -0.2) is 11.9 Å². The van der Waals surface area contributed by atoms with Crippen molar-refractivity contribution in [2.24, 2.45) is 11.3 Å². The summed E-state index contributed by atoms with van der Waals surface area (Å²) in [7, 11) is 0. The Hall–Kier alpha value is -1.31. The van der Waals surface area contributed by atoms with Gasteiger partial charge < -0.3 is 5.32 Å². The predicted molar refractivity (Wildman–Crippen MR) is 88.5 cm³/mol. The molecule has 1 unspecified atom stereocenters. The molecule has 1 amide bonds. The van der Waals surface area contributed by atoms with Gasteiger partial charge in [-0.1, -0.05) is 46.2 Å². The minimum atomic E-state index is 0.0736. The van der Waals surface area contributed by atoms with Crippen LogP contribution in [0.4, 0.5) is 0 Å². The van der Waals surface area contributed by atoms with Crippen molar-refractivity contribution in [3.8, 4) is 0 Å². The van der Waals surface area contributed by atoms with Gasteiger partial charge in [-0.25, -0.2) is 0 Å². The first-order chi connectivity index (χ1) is 9.92. The molecule has 116 valence electrons. The van der Waals surface area contributed by atoms with E-state index in [1.165, 1.54) is 18.4 Å². The third kappa shape index (κ3) is 4.59. The van der Waals surface area contributed by atoms with Gasteiger partial charge in [0.15, 0.2) is 0 Å². The smallest absolute Gasteiger partial charge is 0.251 e. The van der Waals surface area contributed by atoms with Gasteiger partial charge in [0.25, 0.3) is 5.91 Å². The van der Waals surface area contributed by atoms with Gasteiger partial charge in [0, 0.05) is 11.6 Å². The van der Waals surface area contributed by atoms with Crippen LogP contribution in [0.25, 0.3) is 0 Å². The zero-order valence-electron chi connectivity index (χ0n) is 13.9. The monoisotopic (exact) mass is 287 g/mol. The average Bonchev–Trinajstić information content (AvgIpc) is 3.29. The summed E-state index contributed by atoms with van der Waals surface area (Å²) in [5.41, 5.74) is 2.52. The molecule has 1 aliphatic rings. The fourth-order valence-electron chi connectivity index (χ4n) is 2.44. The van der Waals surface area contributed by atoms with Crippen molar-refractivity contribution in [3.63, 3.8) is 0 Å². The molecule has 0 aromatic heterocycles. The van der Waals surface area contributed by atoms with Crippen LogP contribution in [-0.2, 0) is 6.42 Å². The van der Waals surface area contributed by atoms with Crippen molar-refractivity contribution >= 4 is 5.91 Å². The number of carbonyl (C=O) groups is 1. The summed E-state index contributed by atoms with van der Waals surface area (Å²) >= 11 is 0. The number of aryl methyl sites for hydroxylation is 1. The van der Waals surface area contributed by atoms with E-state index in [1.54, 1.807) is 0 Å². The van der Waals surface area contributed by atoms with E-state index < -0.39 is 0 Å². The SMILES string of the molecule is CCC(C)(C)C(C)CCc1ccc(C(=O)NC2CC2)cc1. The van der Waals surface area contributed by atoms with Gasteiger partial charge in [-0.3, -0.25) is 4.79 Å². The molecule has 0 radical (unpaired) electrons. The fourth-order valence-corrected chi connectivity index (χ4v) is 2.44. The molecule has 0 saturated heterocycles. The number of rotatable bonds is 7. The topological polar surface area (TPSA) is 29.1 Å². The van der Waals surface area contributed by atoms with Crippen molar-refractivity contribution in [1.29, 1.82) is 0 Å². The van der Waals surface area contributed by atoms with Crippen LogP contribution in [0.1, 0.15) is 69.3 Å². The van der Waals surface area contributed by atoms with Crippen LogP contribution in [0.5, 0.6) is 0 Å². The highest BCUT2D eigenvalue weighted by Crippen LogP contribution is 2.33. The van der Waals surface area contributed by atoms with E-state index in [0.29, 0.717) is 17.4 Å². The highest BCUT2D eigenvalue weighted by Gasteiger charge is 2.24. The van der Waals surface area contributed by atoms with E-state index in [0.717, 1.165) is 24.8 Å². The first-order valence-electron chi connectivity index (χ1n) is 8.32.